The third-order valence-electron chi connectivity index (χ3n) is 7.64. The molecule has 41 heavy (non-hydrogen) atoms. The van der Waals surface area contributed by atoms with Crippen LogP contribution in [0, 0.1) is 12.8 Å². The number of nitrogens with one attached hydrogen (secondary N) is 1. The van der Waals surface area contributed by atoms with Crippen molar-refractivity contribution in [2.75, 3.05) is 12.4 Å². The molecule has 0 aromatic heterocycles. The van der Waals surface area contributed by atoms with Gasteiger partial charge in [-0.05, 0) is 78.4 Å². The van der Waals surface area contributed by atoms with Crippen LogP contribution in [0.3, 0.4) is 0 Å². The van der Waals surface area contributed by atoms with Crippen molar-refractivity contribution in [1.29, 1.82) is 0 Å². The molecule has 0 bridgehead atoms. The molecule has 0 radical (unpaired) electrons. The summed E-state index contributed by atoms with van der Waals surface area (Å²) in [6, 6.07) is 26.6. The average Bonchev–Trinajstić information content (AvgIpc) is 3.48. The average molecular weight is 585 g/mol. The van der Waals surface area contributed by atoms with Gasteiger partial charge in [-0.3, -0.25) is 4.99 Å². The molecule has 6 nitrogen and oxygen atoms in total. The molecule has 0 saturated heterocycles. The normalized spacial score (nSPS) is 19.4. The first-order valence-electron chi connectivity index (χ1n) is 13.4. The molecule has 3 atom stereocenters. The molecule has 1 aliphatic carbocycles. The summed E-state index contributed by atoms with van der Waals surface area (Å²) in [4.78, 5) is 4.64. The number of ether oxygens (including phenoxy) is 1. The summed E-state index contributed by atoms with van der Waals surface area (Å²) in [6.07, 6.45) is 7.33. The lowest BCUT2D eigenvalue weighted by Gasteiger charge is -2.37. The van der Waals surface area contributed by atoms with Crippen molar-refractivity contribution in [2.45, 2.75) is 30.2 Å². The number of halogens is 1. The van der Waals surface area contributed by atoms with Crippen LogP contribution < -0.4 is 14.2 Å². The minimum atomic E-state index is -4.10. The van der Waals surface area contributed by atoms with Gasteiger partial charge >= 0.3 is 10.1 Å². The van der Waals surface area contributed by atoms with Gasteiger partial charge in [-0.15, -0.1) is 0 Å². The van der Waals surface area contributed by atoms with Crippen molar-refractivity contribution in [3.05, 3.63) is 124 Å². The molecule has 1 heterocycles. The minimum absolute atomic E-state index is 0.0302. The Kier molecular flexibility index (Phi) is 7.32. The van der Waals surface area contributed by atoms with Gasteiger partial charge in [0, 0.05) is 17.8 Å². The van der Waals surface area contributed by atoms with Crippen LogP contribution in [0.15, 0.2) is 107 Å². The van der Waals surface area contributed by atoms with Crippen molar-refractivity contribution >= 4 is 39.3 Å². The van der Waals surface area contributed by atoms with E-state index in [0.717, 1.165) is 17.7 Å². The number of hydrogen-bond donors (Lipinski definition) is 1. The molecule has 1 aliphatic heterocycles. The number of hydrogen-bond acceptors (Lipinski definition) is 6. The molecule has 0 saturated carbocycles. The Hall–Kier alpha value is -4.07. The highest BCUT2D eigenvalue weighted by Crippen LogP contribution is 2.49. The highest BCUT2D eigenvalue weighted by atomic mass is 35.5. The summed E-state index contributed by atoms with van der Waals surface area (Å²) in [6.45, 7) is 1.88. The molecule has 0 amide bonds. The van der Waals surface area contributed by atoms with Gasteiger partial charge in [-0.2, -0.15) is 8.42 Å². The maximum Gasteiger partial charge on any atom is 0.339 e. The van der Waals surface area contributed by atoms with E-state index >= 15 is 0 Å². The zero-order valence-electron chi connectivity index (χ0n) is 22.6. The Bertz CT molecular complexity index is 1750. The van der Waals surface area contributed by atoms with Gasteiger partial charge in [0.15, 0.2) is 5.75 Å². The van der Waals surface area contributed by atoms with E-state index in [1.54, 1.807) is 30.5 Å². The second-order valence-corrected chi connectivity index (χ2v) is 12.3. The number of fused-ring (bicyclic) bond motifs is 3. The molecule has 0 unspecified atom stereocenters. The highest BCUT2D eigenvalue weighted by molar-refractivity contribution is 7.87. The first-order chi connectivity index (χ1) is 19.8. The first-order valence-corrected chi connectivity index (χ1v) is 15.2. The van der Waals surface area contributed by atoms with Gasteiger partial charge < -0.3 is 14.2 Å². The largest absolute Gasteiger partial charge is 0.493 e. The molecule has 0 spiro atoms. The maximum absolute atomic E-state index is 12.8. The number of aryl methyl sites for hydroxylation is 1. The van der Waals surface area contributed by atoms with Crippen molar-refractivity contribution in [3.63, 3.8) is 0 Å². The second-order valence-electron chi connectivity index (χ2n) is 10.3. The summed E-state index contributed by atoms with van der Waals surface area (Å²) < 4.78 is 36.4. The van der Waals surface area contributed by atoms with Crippen LogP contribution in [0.1, 0.15) is 40.6 Å². The van der Waals surface area contributed by atoms with Crippen LogP contribution in [0.25, 0.3) is 0 Å². The van der Waals surface area contributed by atoms with Crippen molar-refractivity contribution < 1.29 is 17.3 Å². The Morgan fingerprint density at radius 2 is 1.76 bits per heavy atom. The first kappa shape index (κ1) is 27.1. The fourth-order valence-electron chi connectivity index (χ4n) is 5.55. The van der Waals surface area contributed by atoms with E-state index in [1.165, 1.54) is 36.1 Å². The monoisotopic (exact) mass is 584 g/mol. The van der Waals surface area contributed by atoms with Crippen LogP contribution in [0.2, 0.25) is 5.02 Å². The summed E-state index contributed by atoms with van der Waals surface area (Å²) in [5.74, 6) is 1.02. The van der Waals surface area contributed by atoms with Gasteiger partial charge in [0.1, 0.15) is 4.90 Å². The lowest BCUT2D eigenvalue weighted by molar-refractivity contribution is 0.390. The summed E-state index contributed by atoms with van der Waals surface area (Å²) >= 11 is 6.46. The number of aliphatic imine (C=N–C) groups is 1. The number of methoxy groups -OCH3 is 1. The zero-order valence-corrected chi connectivity index (χ0v) is 24.2. The maximum atomic E-state index is 12.8. The van der Waals surface area contributed by atoms with Gasteiger partial charge in [0.2, 0.25) is 5.75 Å². The lowest BCUT2D eigenvalue weighted by atomic mass is 9.77. The smallest absolute Gasteiger partial charge is 0.339 e. The van der Waals surface area contributed by atoms with Crippen LogP contribution in [0.5, 0.6) is 11.5 Å². The van der Waals surface area contributed by atoms with Crippen LogP contribution >= 0.6 is 11.6 Å². The van der Waals surface area contributed by atoms with E-state index in [9.17, 15) is 8.42 Å². The van der Waals surface area contributed by atoms with Crippen molar-refractivity contribution in [3.8, 4) is 11.5 Å². The van der Waals surface area contributed by atoms with E-state index in [-0.39, 0.29) is 27.5 Å². The summed E-state index contributed by atoms with van der Waals surface area (Å²) in [5.41, 5.74) is 6.14. The molecule has 8 heteroatoms. The SMILES string of the molecule is COc1cc(C=Nc2ccc([C@@H]3Nc4ccccc4[C@H]4C=CC[C@@H]43)cc2)cc(Cl)c1OS(=O)(=O)c1ccc(C)cc1. The zero-order chi connectivity index (χ0) is 28.6. The molecule has 1 N–H and O–H groups in total. The quantitative estimate of drug-likeness (QED) is 0.135. The predicted octanol–water partition coefficient (Wildman–Crippen LogP) is 8.00. The Balaban J connectivity index is 1.20. The van der Waals surface area contributed by atoms with Gasteiger partial charge in [-0.1, -0.05) is 71.8 Å². The summed E-state index contributed by atoms with van der Waals surface area (Å²) in [5, 5.41) is 3.85. The van der Waals surface area contributed by atoms with Gasteiger partial charge in [0.25, 0.3) is 0 Å². The number of allylic oxidation sites excluding steroid dienone is 2. The topological polar surface area (TPSA) is 77.0 Å². The lowest BCUT2D eigenvalue weighted by Crippen LogP contribution is -2.28. The minimum Gasteiger partial charge on any atom is -0.493 e. The highest BCUT2D eigenvalue weighted by Gasteiger charge is 2.37. The number of benzene rings is 4. The number of para-hydroxylation sites is 1. The predicted molar refractivity (Wildman–Crippen MR) is 163 cm³/mol. The molecule has 2 aliphatic rings. The third kappa shape index (κ3) is 5.47. The molecule has 6 rings (SSSR count). The molecule has 4 aromatic rings. The van der Waals surface area contributed by atoms with Crippen LogP contribution in [-0.4, -0.2) is 21.7 Å². The van der Waals surface area contributed by atoms with E-state index in [4.69, 9.17) is 20.5 Å². The Morgan fingerprint density at radius 3 is 2.51 bits per heavy atom. The Labute approximate surface area is 245 Å². The molecule has 0 fully saturated rings. The molecule has 208 valence electrons. The van der Waals surface area contributed by atoms with Crippen LogP contribution in [-0.2, 0) is 10.1 Å². The van der Waals surface area contributed by atoms with E-state index < -0.39 is 10.1 Å². The number of anilines is 1. The summed E-state index contributed by atoms with van der Waals surface area (Å²) in [7, 11) is -2.67. The molecular weight excluding hydrogens is 556 g/mol. The van der Waals surface area contributed by atoms with Gasteiger partial charge in [0.05, 0.1) is 23.9 Å². The number of rotatable bonds is 7. The fraction of sp³-hybridized carbons (Fsp3) is 0.182. The second kappa shape index (κ2) is 11.1. The van der Waals surface area contributed by atoms with E-state index in [1.807, 2.05) is 19.1 Å². The fourth-order valence-corrected chi connectivity index (χ4v) is 6.81. The van der Waals surface area contributed by atoms with Crippen molar-refractivity contribution in [2.24, 2.45) is 10.9 Å². The van der Waals surface area contributed by atoms with Crippen molar-refractivity contribution in [1.82, 2.24) is 0 Å². The third-order valence-corrected chi connectivity index (χ3v) is 9.16. The Morgan fingerprint density at radius 1 is 1.00 bits per heavy atom. The molecular formula is C33H29ClN2O4S. The standard InChI is InChI=1S/C33H29ClN2O4S/c1-21-10-16-25(17-11-21)41(37,38)40-33-29(34)18-22(19-31(33)39-2)20-35-24-14-12-23(13-15-24)32-28-8-5-7-26(28)27-6-3-4-9-30(27)36-32/h3-7,9-20,26,28,32,36H,8H2,1-2H3/t26-,28+,32+/m1/s1. The van der Waals surface area contributed by atoms with Crippen LogP contribution in [0.4, 0.5) is 11.4 Å². The van der Waals surface area contributed by atoms with E-state index in [2.05, 4.69) is 58.9 Å². The number of nitrogens with zero attached hydrogens (tertiary/aromatic N) is 1. The molecule has 4 aromatic carbocycles. The van der Waals surface area contributed by atoms with Gasteiger partial charge in [-0.25, -0.2) is 0 Å². The van der Waals surface area contributed by atoms with E-state index in [0.29, 0.717) is 17.4 Å².